The van der Waals surface area contributed by atoms with E-state index in [-0.39, 0.29) is 0 Å². The summed E-state index contributed by atoms with van der Waals surface area (Å²) in [7, 11) is 1.31. The molecule has 0 aromatic carbocycles. The summed E-state index contributed by atoms with van der Waals surface area (Å²) in [6, 6.07) is 1.92. The first-order chi connectivity index (χ1) is 5.61. The van der Waals surface area contributed by atoms with Gasteiger partial charge in [0.25, 0.3) is 6.47 Å². The third kappa shape index (κ3) is 4.35. The Morgan fingerprint density at radius 1 is 1.75 bits per heavy atom. The van der Waals surface area contributed by atoms with E-state index in [2.05, 4.69) is 20.7 Å². The van der Waals surface area contributed by atoms with Crippen LogP contribution < -0.4 is 5.73 Å². The molecular weight excluding hydrogens is 242 g/mol. The van der Waals surface area contributed by atoms with Crippen LogP contribution >= 0.6 is 27.3 Å². The van der Waals surface area contributed by atoms with Crippen molar-refractivity contribution >= 4 is 39.4 Å². The minimum atomic E-state index is 0.375. The molecule has 0 spiro atoms. The molecule has 0 fully saturated rings. The fraction of sp³-hybridized carbons (Fsp3) is 0.286. The van der Waals surface area contributed by atoms with Gasteiger partial charge in [0.2, 0.25) is 0 Å². The molecule has 0 amide bonds. The lowest BCUT2D eigenvalue weighted by molar-refractivity contribution is -0.126. The third-order valence-corrected chi connectivity index (χ3v) is 2.59. The zero-order valence-corrected chi connectivity index (χ0v) is 9.24. The third-order valence-electron chi connectivity index (χ3n) is 1.02. The molecule has 0 unspecified atom stereocenters. The minimum Gasteiger partial charge on any atom is -0.471 e. The van der Waals surface area contributed by atoms with Crippen LogP contribution in [0.2, 0.25) is 0 Å². The summed E-state index contributed by atoms with van der Waals surface area (Å²) < 4.78 is 4.97. The van der Waals surface area contributed by atoms with Crippen LogP contribution in [0.25, 0.3) is 0 Å². The van der Waals surface area contributed by atoms with Gasteiger partial charge in [-0.3, -0.25) is 4.79 Å². The first-order valence-electron chi connectivity index (χ1n) is 3.09. The Bertz CT molecular complexity index is 230. The van der Waals surface area contributed by atoms with E-state index in [9.17, 15) is 0 Å². The van der Waals surface area contributed by atoms with Crippen molar-refractivity contribution < 1.29 is 9.53 Å². The predicted octanol–water partition coefficient (Wildman–Crippen LogP) is 2.19. The van der Waals surface area contributed by atoms with Gasteiger partial charge in [0.1, 0.15) is 0 Å². The van der Waals surface area contributed by atoms with Gasteiger partial charge in [-0.1, -0.05) is 0 Å². The van der Waals surface area contributed by atoms with Gasteiger partial charge in [-0.05, 0) is 28.9 Å². The lowest BCUT2D eigenvalue weighted by atomic mass is 10.4. The summed E-state index contributed by atoms with van der Waals surface area (Å²) >= 11 is 4.98. The largest absolute Gasteiger partial charge is 0.471 e. The summed E-state index contributed by atoms with van der Waals surface area (Å²) in [4.78, 5) is 10.1. The van der Waals surface area contributed by atoms with E-state index < -0.39 is 0 Å². The highest BCUT2D eigenvalue weighted by molar-refractivity contribution is 9.11. The summed E-state index contributed by atoms with van der Waals surface area (Å²) in [6.45, 7) is 2.38. The number of carbonyl (C=O) groups is 1. The lowest BCUT2D eigenvalue weighted by Gasteiger charge is -1.80. The van der Waals surface area contributed by atoms with Crippen molar-refractivity contribution in [1.29, 1.82) is 0 Å². The Kier molecular flexibility index (Phi) is 5.74. The van der Waals surface area contributed by atoms with Crippen molar-refractivity contribution in [3.8, 4) is 0 Å². The Morgan fingerprint density at radius 3 is 2.33 bits per heavy atom. The van der Waals surface area contributed by atoms with Gasteiger partial charge in [0, 0.05) is 10.6 Å². The van der Waals surface area contributed by atoms with Gasteiger partial charge in [-0.2, -0.15) is 0 Å². The Labute approximate surface area is 83.7 Å². The van der Waals surface area contributed by atoms with Gasteiger partial charge < -0.3 is 10.5 Å². The molecule has 0 bridgehead atoms. The molecule has 5 heteroatoms. The molecule has 0 atom stereocenters. The second-order valence-electron chi connectivity index (χ2n) is 1.89. The van der Waals surface area contributed by atoms with Crippen molar-refractivity contribution in [2.24, 2.45) is 0 Å². The monoisotopic (exact) mass is 251 g/mol. The normalized spacial score (nSPS) is 8.25. The van der Waals surface area contributed by atoms with E-state index in [1.807, 2.05) is 13.0 Å². The summed E-state index contributed by atoms with van der Waals surface area (Å²) in [6.07, 6.45) is 0. The van der Waals surface area contributed by atoms with Crippen molar-refractivity contribution in [1.82, 2.24) is 0 Å². The number of rotatable bonds is 1. The molecule has 1 aromatic rings. The average Bonchev–Trinajstić information content (AvgIpc) is 2.30. The van der Waals surface area contributed by atoms with Gasteiger partial charge >= 0.3 is 0 Å². The smallest absolute Gasteiger partial charge is 0.292 e. The van der Waals surface area contributed by atoms with Crippen LogP contribution in [0, 0.1) is 6.92 Å². The van der Waals surface area contributed by atoms with E-state index in [1.54, 1.807) is 11.3 Å². The molecular formula is C7H10BrNO2S. The highest BCUT2D eigenvalue weighted by atomic mass is 79.9. The van der Waals surface area contributed by atoms with Crippen LogP contribution in [0.3, 0.4) is 0 Å². The number of halogens is 1. The highest BCUT2D eigenvalue weighted by Gasteiger charge is 1.96. The maximum Gasteiger partial charge on any atom is 0.292 e. The molecule has 12 heavy (non-hydrogen) atoms. The number of anilines is 1. The molecule has 1 heterocycles. The number of methoxy groups -OCH3 is 1. The van der Waals surface area contributed by atoms with Crippen molar-refractivity contribution in [2.75, 3.05) is 12.8 Å². The molecule has 1 rings (SSSR count). The topological polar surface area (TPSA) is 52.3 Å². The molecule has 0 aliphatic carbocycles. The fourth-order valence-electron chi connectivity index (χ4n) is 0.459. The quantitative estimate of drug-likeness (QED) is 0.779. The van der Waals surface area contributed by atoms with Gasteiger partial charge in [0.05, 0.1) is 10.9 Å². The number of nitrogens with two attached hydrogens (primary N) is 1. The van der Waals surface area contributed by atoms with Crippen LogP contribution in [0.4, 0.5) is 5.69 Å². The van der Waals surface area contributed by atoms with Crippen molar-refractivity contribution in [3.05, 3.63) is 14.7 Å². The molecule has 3 nitrogen and oxygen atoms in total. The fourth-order valence-corrected chi connectivity index (χ4v) is 2.09. The summed E-state index contributed by atoms with van der Waals surface area (Å²) in [5.74, 6) is 0. The number of aryl methyl sites for hydroxylation is 1. The molecule has 0 aliphatic rings. The summed E-state index contributed by atoms with van der Waals surface area (Å²) in [5, 5.41) is 0. The number of hydrogen-bond acceptors (Lipinski definition) is 4. The molecule has 0 aliphatic heterocycles. The molecule has 68 valence electrons. The second kappa shape index (κ2) is 6.02. The lowest BCUT2D eigenvalue weighted by Crippen LogP contribution is -1.79. The number of ether oxygens (including phenoxy) is 1. The van der Waals surface area contributed by atoms with Crippen LogP contribution in [0.15, 0.2) is 9.85 Å². The molecule has 1 aromatic heterocycles. The van der Waals surface area contributed by atoms with E-state index in [1.165, 1.54) is 12.0 Å². The maximum atomic E-state index is 8.95. The SMILES string of the molecule is COC=O.Cc1sc(Br)cc1N. The molecule has 2 N–H and O–H groups in total. The van der Waals surface area contributed by atoms with Crippen LogP contribution in [-0.4, -0.2) is 13.6 Å². The van der Waals surface area contributed by atoms with Gasteiger partial charge in [-0.15, -0.1) is 11.3 Å². The number of thiophene rings is 1. The van der Waals surface area contributed by atoms with E-state index in [0.717, 1.165) is 9.47 Å². The second-order valence-corrected chi connectivity index (χ2v) is 4.53. The van der Waals surface area contributed by atoms with E-state index in [4.69, 9.17) is 10.5 Å². The number of carbonyl (C=O) groups excluding carboxylic acids is 1. The molecule has 0 radical (unpaired) electrons. The van der Waals surface area contributed by atoms with Crippen molar-refractivity contribution in [2.45, 2.75) is 6.92 Å². The minimum absolute atomic E-state index is 0.375. The number of nitrogen functional groups attached to an aromatic ring is 1. The average molecular weight is 252 g/mol. The summed E-state index contributed by atoms with van der Waals surface area (Å²) in [5.41, 5.74) is 6.40. The van der Waals surface area contributed by atoms with Crippen LogP contribution in [0.5, 0.6) is 0 Å². The Hall–Kier alpha value is -0.550. The first-order valence-corrected chi connectivity index (χ1v) is 4.70. The number of hydrogen-bond donors (Lipinski definition) is 1. The zero-order chi connectivity index (χ0) is 9.56. The maximum absolute atomic E-state index is 8.95. The van der Waals surface area contributed by atoms with Crippen LogP contribution in [-0.2, 0) is 9.53 Å². The van der Waals surface area contributed by atoms with Crippen molar-refractivity contribution in [3.63, 3.8) is 0 Å². The van der Waals surface area contributed by atoms with E-state index in [0.29, 0.717) is 6.47 Å². The Morgan fingerprint density at radius 2 is 2.25 bits per heavy atom. The predicted molar refractivity (Wildman–Crippen MR) is 54.2 cm³/mol. The standard InChI is InChI=1S/C5H6BrNS.C2H4O2/c1-3-4(7)2-5(6)8-3;1-4-2-3/h2H,7H2,1H3;2H,1H3. The first kappa shape index (κ1) is 11.4. The van der Waals surface area contributed by atoms with Crippen LogP contribution in [0.1, 0.15) is 4.88 Å². The van der Waals surface area contributed by atoms with E-state index >= 15 is 0 Å². The zero-order valence-electron chi connectivity index (χ0n) is 6.83. The van der Waals surface area contributed by atoms with Gasteiger partial charge in [-0.25, -0.2) is 0 Å². The Balaban J connectivity index is 0.000000261. The van der Waals surface area contributed by atoms with Gasteiger partial charge in [0.15, 0.2) is 0 Å². The molecule has 0 saturated heterocycles. The highest BCUT2D eigenvalue weighted by Crippen LogP contribution is 2.27. The molecule has 0 saturated carbocycles.